The summed E-state index contributed by atoms with van der Waals surface area (Å²) in [6.07, 6.45) is 0.304. The lowest BCUT2D eigenvalue weighted by Gasteiger charge is -2.23. The third kappa shape index (κ3) is 8.41. The van der Waals surface area contributed by atoms with E-state index in [0.29, 0.717) is 24.3 Å². The molecule has 7 heteroatoms. The van der Waals surface area contributed by atoms with E-state index >= 15 is 0 Å². The van der Waals surface area contributed by atoms with Crippen LogP contribution in [0.25, 0.3) is 0 Å². The van der Waals surface area contributed by atoms with Crippen molar-refractivity contribution >= 4 is 17.8 Å². The molecule has 3 N–H and O–H groups in total. The fourth-order valence-electron chi connectivity index (χ4n) is 3.50. The number of rotatable bonds is 12. The Bertz CT molecular complexity index is 881. The zero-order chi connectivity index (χ0) is 23.5. The van der Waals surface area contributed by atoms with E-state index < -0.39 is 17.9 Å². The number of ether oxygens (including phenoxy) is 1. The lowest BCUT2D eigenvalue weighted by Crippen LogP contribution is -2.38. The molecule has 2 atom stereocenters. The zero-order valence-electron chi connectivity index (χ0n) is 18.8. The van der Waals surface area contributed by atoms with Gasteiger partial charge in [0.15, 0.2) is 0 Å². The van der Waals surface area contributed by atoms with Gasteiger partial charge in [0.25, 0.3) is 0 Å². The second-order valence-electron chi connectivity index (χ2n) is 8.23. The third-order valence-electron chi connectivity index (χ3n) is 5.10. The van der Waals surface area contributed by atoms with Crippen LogP contribution in [0.3, 0.4) is 0 Å². The van der Waals surface area contributed by atoms with Crippen LogP contribution in [0.5, 0.6) is 5.75 Å². The molecule has 2 rings (SSSR count). The minimum Gasteiger partial charge on any atom is -0.497 e. The van der Waals surface area contributed by atoms with Crippen LogP contribution >= 0.6 is 0 Å². The van der Waals surface area contributed by atoms with Gasteiger partial charge in [0.2, 0.25) is 11.8 Å². The summed E-state index contributed by atoms with van der Waals surface area (Å²) in [7, 11) is 1.55. The molecule has 0 bridgehead atoms. The predicted molar refractivity (Wildman–Crippen MR) is 122 cm³/mol. The van der Waals surface area contributed by atoms with Crippen molar-refractivity contribution in [2.75, 3.05) is 7.11 Å². The first-order chi connectivity index (χ1) is 15.3. The van der Waals surface area contributed by atoms with Crippen molar-refractivity contribution in [3.8, 4) is 5.75 Å². The van der Waals surface area contributed by atoms with Crippen molar-refractivity contribution in [2.45, 2.75) is 45.7 Å². The van der Waals surface area contributed by atoms with Crippen molar-refractivity contribution in [2.24, 2.45) is 11.8 Å². The fourth-order valence-corrected chi connectivity index (χ4v) is 3.50. The maximum atomic E-state index is 13.1. The molecule has 32 heavy (non-hydrogen) atoms. The molecule has 0 saturated heterocycles. The summed E-state index contributed by atoms with van der Waals surface area (Å²) in [6, 6.07) is 15.8. The smallest absolute Gasteiger partial charge is 0.305 e. The van der Waals surface area contributed by atoms with E-state index in [0.717, 1.165) is 5.56 Å². The monoisotopic (exact) mass is 440 g/mol. The van der Waals surface area contributed by atoms with Crippen molar-refractivity contribution in [3.05, 3.63) is 65.7 Å². The average molecular weight is 441 g/mol. The summed E-state index contributed by atoms with van der Waals surface area (Å²) < 4.78 is 5.14. The van der Waals surface area contributed by atoms with E-state index in [-0.39, 0.29) is 30.6 Å². The molecule has 0 spiro atoms. The lowest BCUT2D eigenvalue weighted by atomic mass is 9.92. The first-order valence-corrected chi connectivity index (χ1v) is 10.7. The van der Waals surface area contributed by atoms with E-state index in [2.05, 4.69) is 10.6 Å². The van der Waals surface area contributed by atoms with Crippen LogP contribution in [-0.4, -0.2) is 30.0 Å². The molecule has 2 amide bonds. The number of carboxylic acid groups (broad SMARTS) is 1. The minimum atomic E-state index is -1.02. The van der Waals surface area contributed by atoms with Gasteiger partial charge < -0.3 is 20.5 Å². The first-order valence-electron chi connectivity index (χ1n) is 10.7. The third-order valence-corrected chi connectivity index (χ3v) is 5.10. The number of carbonyl (C=O) groups excluding carboxylic acids is 2. The van der Waals surface area contributed by atoms with Crippen molar-refractivity contribution < 1.29 is 24.2 Å². The van der Waals surface area contributed by atoms with Gasteiger partial charge in [0, 0.05) is 18.9 Å². The quantitative estimate of drug-likeness (QED) is 0.467. The number of carbonyl (C=O) groups is 3. The van der Waals surface area contributed by atoms with Gasteiger partial charge in [0.1, 0.15) is 5.75 Å². The molecule has 0 aliphatic heterocycles. The second-order valence-corrected chi connectivity index (χ2v) is 8.23. The summed E-state index contributed by atoms with van der Waals surface area (Å²) in [4.78, 5) is 37.0. The molecule has 0 aliphatic rings. The molecule has 0 radical (unpaired) electrons. The Morgan fingerprint density at radius 3 is 2.19 bits per heavy atom. The van der Waals surface area contributed by atoms with Gasteiger partial charge in [-0.3, -0.25) is 14.4 Å². The number of aliphatic carboxylic acids is 1. The number of carboxylic acids is 1. The van der Waals surface area contributed by atoms with Crippen LogP contribution in [0.15, 0.2) is 54.6 Å². The van der Waals surface area contributed by atoms with Gasteiger partial charge in [-0.05, 0) is 35.6 Å². The van der Waals surface area contributed by atoms with E-state index in [9.17, 15) is 19.5 Å². The summed E-state index contributed by atoms with van der Waals surface area (Å²) in [5, 5.41) is 15.0. The zero-order valence-corrected chi connectivity index (χ0v) is 18.8. The number of benzene rings is 2. The largest absolute Gasteiger partial charge is 0.497 e. The normalized spacial score (nSPS) is 12.6. The number of hydrogen-bond acceptors (Lipinski definition) is 4. The van der Waals surface area contributed by atoms with Crippen LogP contribution < -0.4 is 15.4 Å². The van der Waals surface area contributed by atoms with Crippen molar-refractivity contribution in [1.29, 1.82) is 0 Å². The molecular weight excluding hydrogens is 408 g/mol. The molecule has 0 fully saturated rings. The van der Waals surface area contributed by atoms with Gasteiger partial charge in [0.05, 0.1) is 19.6 Å². The summed E-state index contributed by atoms with van der Waals surface area (Å²) in [5.41, 5.74) is 1.64. The molecule has 0 aliphatic carbocycles. The second kappa shape index (κ2) is 12.5. The van der Waals surface area contributed by atoms with Gasteiger partial charge in [-0.15, -0.1) is 0 Å². The van der Waals surface area contributed by atoms with E-state index in [1.54, 1.807) is 31.4 Å². The average Bonchev–Trinajstić information content (AvgIpc) is 2.77. The van der Waals surface area contributed by atoms with Crippen LogP contribution in [0.1, 0.15) is 50.3 Å². The molecule has 2 aromatic rings. The van der Waals surface area contributed by atoms with Gasteiger partial charge in [-0.1, -0.05) is 56.3 Å². The molecule has 0 saturated carbocycles. The highest BCUT2D eigenvalue weighted by atomic mass is 16.5. The molecule has 7 nitrogen and oxygen atoms in total. The van der Waals surface area contributed by atoms with E-state index in [1.165, 1.54) is 0 Å². The Labute approximate surface area is 189 Å². The van der Waals surface area contributed by atoms with Gasteiger partial charge in [-0.25, -0.2) is 0 Å². The molecule has 2 aromatic carbocycles. The number of hydrogen-bond donors (Lipinski definition) is 3. The summed E-state index contributed by atoms with van der Waals surface area (Å²) in [5.74, 6) is -1.27. The number of amides is 2. The summed E-state index contributed by atoms with van der Waals surface area (Å²) >= 11 is 0. The molecule has 0 heterocycles. The molecule has 0 aromatic heterocycles. The Morgan fingerprint density at radius 2 is 1.62 bits per heavy atom. The topological polar surface area (TPSA) is 105 Å². The number of nitrogens with one attached hydrogen (secondary N) is 2. The lowest BCUT2D eigenvalue weighted by molar-refractivity contribution is -0.138. The van der Waals surface area contributed by atoms with Crippen molar-refractivity contribution in [1.82, 2.24) is 10.6 Å². The maximum Gasteiger partial charge on any atom is 0.305 e. The maximum absolute atomic E-state index is 13.1. The Morgan fingerprint density at radius 1 is 0.969 bits per heavy atom. The van der Waals surface area contributed by atoms with Crippen LogP contribution in [0, 0.1) is 11.8 Å². The fraction of sp³-hybridized carbons (Fsp3) is 0.400. The molecule has 172 valence electrons. The highest BCUT2D eigenvalue weighted by Crippen LogP contribution is 2.23. The first kappa shape index (κ1) is 24.9. The Balaban J connectivity index is 2.07. The predicted octanol–water partition coefficient (Wildman–Crippen LogP) is 3.70. The SMILES string of the molecule is COc1ccc(C(CC(=O)O)NC(=O)C(CC(=O)NCc2ccccc2)CC(C)C)cc1. The van der Waals surface area contributed by atoms with Gasteiger partial charge in [-0.2, -0.15) is 0 Å². The van der Waals surface area contributed by atoms with Crippen LogP contribution in [0.2, 0.25) is 0 Å². The van der Waals surface area contributed by atoms with Crippen LogP contribution in [-0.2, 0) is 20.9 Å². The Hall–Kier alpha value is -3.35. The number of methoxy groups -OCH3 is 1. The Kier molecular flexibility index (Phi) is 9.73. The standard InChI is InChI=1S/C25H32N2O5/c1-17(2)13-20(14-23(28)26-16-18-7-5-4-6-8-18)25(31)27-22(15-24(29)30)19-9-11-21(32-3)12-10-19/h4-12,17,20,22H,13-16H2,1-3H3,(H,26,28)(H,27,31)(H,29,30). The summed E-state index contributed by atoms with van der Waals surface area (Å²) in [6.45, 7) is 4.36. The van der Waals surface area contributed by atoms with E-state index in [4.69, 9.17) is 4.74 Å². The van der Waals surface area contributed by atoms with Crippen molar-refractivity contribution in [3.63, 3.8) is 0 Å². The minimum absolute atomic E-state index is 0.0409. The van der Waals surface area contributed by atoms with E-state index in [1.807, 2.05) is 44.2 Å². The highest BCUT2D eigenvalue weighted by molar-refractivity contribution is 5.86. The van der Waals surface area contributed by atoms with Crippen LogP contribution in [0.4, 0.5) is 0 Å². The molecular formula is C25H32N2O5. The molecule has 2 unspecified atom stereocenters. The highest BCUT2D eigenvalue weighted by Gasteiger charge is 2.26. The van der Waals surface area contributed by atoms with Gasteiger partial charge >= 0.3 is 5.97 Å².